The van der Waals surface area contributed by atoms with Gasteiger partial charge in [-0.2, -0.15) is 0 Å². The fourth-order valence-electron chi connectivity index (χ4n) is 11.3. The van der Waals surface area contributed by atoms with Gasteiger partial charge in [-0.1, -0.05) is 176 Å². The lowest BCUT2D eigenvalue weighted by atomic mass is 9.43. The molecule has 312 valence electrons. The van der Waals surface area contributed by atoms with E-state index in [-0.39, 0.29) is 23.1 Å². The summed E-state index contributed by atoms with van der Waals surface area (Å²) in [6, 6.07) is 63.6. The predicted molar refractivity (Wildman–Crippen MR) is 272 cm³/mol. The molecule has 0 spiro atoms. The molecule has 0 atom stereocenters. The van der Waals surface area contributed by atoms with Crippen LogP contribution in [0.15, 0.2) is 174 Å². The molecule has 1 aliphatic carbocycles. The van der Waals surface area contributed by atoms with E-state index in [1.807, 2.05) is 0 Å². The van der Waals surface area contributed by atoms with Crippen LogP contribution in [0.3, 0.4) is 0 Å². The lowest BCUT2D eigenvalue weighted by molar-refractivity contribution is 0.332. The molecule has 1 aromatic heterocycles. The Bertz CT molecular complexity index is 3340. The predicted octanol–water partition coefficient (Wildman–Crippen LogP) is 15.3. The van der Waals surface area contributed by atoms with Crippen molar-refractivity contribution < 1.29 is 4.42 Å². The van der Waals surface area contributed by atoms with Crippen LogP contribution in [0.1, 0.15) is 78.0 Å². The Labute approximate surface area is 378 Å². The lowest BCUT2D eigenvalue weighted by Crippen LogP contribution is -2.61. The van der Waals surface area contributed by atoms with E-state index in [4.69, 9.17) is 4.42 Å². The van der Waals surface area contributed by atoms with Crippen LogP contribution in [0.4, 0.5) is 28.6 Å². The first-order valence-corrected chi connectivity index (χ1v) is 23.1. The van der Waals surface area contributed by atoms with Gasteiger partial charge in [0.2, 0.25) is 5.88 Å². The average Bonchev–Trinajstić information content (AvgIpc) is 3.69. The summed E-state index contributed by atoms with van der Waals surface area (Å²) in [7, 11) is 0. The number of rotatable bonds is 4. The van der Waals surface area contributed by atoms with Crippen LogP contribution in [0, 0.1) is 0 Å². The quantitative estimate of drug-likeness (QED) is 0.165. The smallest absolute Gasteiger partial charge is 0.337 e. The van der Waals surface area contributed by atoms with Crippen LogP contribution < -0.4 is 20.6 Å². The van der Waals surface area contributed by atoms with Crippen molar-refractivity contribution in [3.63, 3.8) is 0 Å². The van der Waals surface area contributed by atoms with Crippen LogP contribution in [0.2, 0.25) is 0 Å². The Morgan fingerprint density at radius 1 is 0.516 bits per heavy atom. The van der Waals surface area contributed by atoms with Gasteiger partial charge in [-0.05, 0) is 127 Å². The summed E-state index contributed by atoms with van der Waals surface area (Å²) in [5, 5.41) is 3.60. The van der Waals surface area contributed by atoms with Crippen molar-refractivity contribution in [3.8, 4) is 33.4 Å². The summed E-state index contributed by atoms with van der Waals surface area (Å²) in [5.74, 6) is 0.868. The first-order chi connectivity index (χ1) is 30.9. The number of nitrogens with zero attached hydrogens (tertiary/aromatic N) is 2. The van der Waals surface area contributed by atoms with Gasteiger partial charge in [-0.3, -0.25) is 4.90 Å². The molecule has 0 saturated heterocycles. The van der Waals surface area contributed by atoms with Crippen molar-refractivity contribution in [2.45, 2.75) is 77.6 Å². The first kappa shape index (κ1) is 38.9. The molecule has 3 aliphatic rings. The number of fused-ring (bicyclic) bond motifs is 9. The Balaban J connectivity index is 1.23. The standard InChI is InChI=1S/C60H53BN2O/c1-58(2,3)42-27-31-50(47(36-42)39-20-12-9-13-21-39)62-52-35-41-22-14-15-23-44(41)54-45-29-26-40(38-18-10-8-11-19-38)34-51(45)63(43-28-30-48-49(37-43)60(6,7)33-32-59(48,4)5)61(56(52)54)55-46-24-16-17-25-53(46)64-57(55)62/h8-31,34-37H,32-33H2,1-7H3. The van der Waals surface area contributed by atoms with Crippen molar-refractivity contribution in [1.29, 1.82) is 0 Å². The average molecular weight is 829 g/mol. The molecule has 2 aliphatic heterocycles. The van der Waals surface area contributed by atoms with Crippen LogP contribution >= 0.6 is 0 Å². The van der Waals surface area contributed by atoms with E-state index in [1.54, 1.807) is 0 Å². The van der Waals surface area contributed by atoms with Crippen molar-refractivity contribution in [2.24, 2.45) is 0 Å². The van der Waals surface area contributed by atoms with Gasteiger partial charge < -0.3 is 9.23 Å². The molecule has 0 saturated carbocycles. The van der Waals surface area contributed by atoms with Gasteiger partial charge in [0.25, 0.3) is 0 Å². The fourth-order valence-corrected chi connectivity index (χ4v) is 11.3. The summed E-state index contributed by atoms with van der Waals surface area (Å²) < 4.78 is 7.33. The Hall–Kier alpha value is -6.78. The number of anilines is 5. The van der Waals surface area contributed by atoms with E-state index in [9.17, 15) is 0 Å². The third-order valence-corrected chi connectivity index (χ3v) is 14.9. The van der Waals surface area contributed by atoms with E-state index >= 15 is 0 Å². The molecule has 0 amide bonds. The van der Waals surface area contributed by atoms with Crippen molar-refractivity contribution in [2.75, 3.05) is 9.71 Å². The normalized spacial score (nSPS) is 15.8. The minimum atomic E-state index is -0.199. The molecule has 3 nitrogen and oxygen atoms in total. The molecular weight excluding hydrogens is 775 g/mol. The van der Waals surface area contributed by atoms with E-state index in [2.05, 4.69) is 228 Å². The van der Waals surface area contributed by atoms with E-state index in [0.717, 1.165) is 34.6 Å². The third-order valence-electron chi connectivity index (χ3n) is 14.9. The van der Waals surface area contributed by atoms with Gasteiger partial charge in [0, 0.05) is 39.0 Å². The number of furan rings is 1. The highest BCUT2D eigenvalue weighted by atomic mass is 16.4. The Morgan fingerprint density at radius 3 is 1.94 bits per heavy atom. The van der Waals surface area contributed by atoms with Crippen LogP contribution in [0.25, 0.3) is 55.1 Å². The second-order valence-corrected chi connectivity index (χ2v) is 20.8. The second-order valence-electron chi connectivity index (χ2n) is 20.8. The van der Waals surface area contributed by atoms with Crippen LogP contribution in [0.5, 0.6) is 0 Å². The van der Waals surface area contributed by atoms with Crippen LogP contribution in [-0.2, 0) is 16.2 Å². The molecule has 8 aromatic carbocycles. The maximum Gasteiger partial charge on any atom is 0.337 e. The van der Waals surface area contributed by atoms with Gasteiger partial charge in [0.15, 0.2) is 0 Å². The summed E-state index contributed by atoms with van der Waals surface area (Å²) in [6.07, 6.45) is 2.32. The molecule has 4 heteroatoms. The van der Waals surface area contributed by atoms with E-state index in [0.29, 0.717) is 0 Å². The molecule has 3 heterocycles. The van der Waals surface area contributed by atoms with Gasteiger partial charge in [0.1, 0.15) is 5.58 Å². The molecular formula is C60H53BN2O. The largest absolute Gasteiger partial charge is 0.440 e. The number of hydrogen-bond donors (Lipinski definition) is 0. The highest BCUT2D eigenvalue weighted by Gasteiger charge is 2.49. The first-order valence-electron chi connectivity index (χ1n) is 23.1. The molecule has 0 radical (unpaired) electrons. The summed E-state index contributed by atoms with van der Waals surface area (Å²) in [4.78, 5) is 5.14. The number of benzene rings is 8. The van der Waals surface area contributed by atoms with Gasteiger partial charge >= 0.3 is 6.85 Å². The molecule has 0 unspecified atom stereocenters. The maximum atomic E-state index is 7.33. The lowest BCUT2D eigenvalue weighted by Gasteiger charge is -2.46. The van der Waals surface area contributed by atoms with E-state index < -0.39 is 0 Å². The molecule has 0 fully saturated rings. The summed E-state index contributed by atoms with van der Waals surface area (Å²) in [5.41, 5.74) is 19.6. The summed E-state index contributed by atoms with van der Waals surface area (Å²) >= 11 is 0. The Kier molecular flexibility index (Phi) is 8.42. The molecule has 64 heavy (non-hydrogen) atoms. The highest BCUT2D eigenvalue weighted by Crippen LogP contribution is 2.54. The highest BCUT2D eigenvalue weighted by molar-refractivity contribution is 6.95. The second kappa shape index (κ2) is 13.9. The van der Waals surface area contributed by atoms with Crippen molar-refractivity contribution >= 4 is 68.1 Å². The maximum absolute atomic E-state index is 7.33. The minimum absolute atomic E-state index is 0.0363. The SMILES string of the molecule is CC(C)(C)c1ccc(N2c3cc4ccccc4c4c3B(c3c2oc2ccccc32)N(c2ccc3c(c2)C(C)(C)CCC3(C)C)c2cc(-c3ccccc3)ccc2-4)c(-c2ccccc2)c1. The van der Waals surface area contributed by atoms with Gasteiger partial charge in [-0.15, -0.1) is 0 Å². The zero-order valence-electron chi connectivity index (χ0n) is 38.0. The van der Waals surface area contributed by atoms with E-state index in [1.165, 1.54) is 89.6 Å². The van der Waals surface area contributed by atoms with Crippen LogP contribution in [-0.4, -0.2) is 6.85 Å². The molecule has 12 rings (SSSR count). The molecule has 9 aromatic rings. The fraction of sp³-hybridized carbons (Fsp3) is 0.200. The topological polar surface area (TPSA) is 19.6 Å². The zero-order valence-corrected chi connectivity index (χ0v) is 38.0. The summed E-state index contributed by atoms with van der Waals surface area (Å²) in [6.45, 7) is 16.4. The van der Waals surface area contributed by atoms with Crippen molar-refractivity contribution in [3.05, 3.63) is 187 Å². The zero-order chi connectivity index (χ0) is 43.7. The van der Waals surface area contributed by atoms with Crippen molar-refractivity contribution in [1.82, 2.24) is 0 Å². The van der Waals surface area contributed by atoms with Gasteiger partial charge in [0.05, 0.1) is 5.69 Å². The third kappa shape index (κ3) is 5.81. The Morgan fingerprint density at radius 2 is 1.19 bits per heavy atom. The minimum Gasteiger partial charge on any atom is -0.440 e. The molecule has 0 N–H and O–H groups in total. The number of hydrogen-bond acceptors (Lipinski definition) is 3. The molecule has 0 bridgehead atoms. The number of para-hydroxylation sites is 1. The monoisotopic (exact) mass is 828 g/mol. The van der Waals surface area contributed by atoms with Gasteiger partial charge in [-0.25, -0.2) is 0 Å².